The van der Waals surface area contributed by atoms with Gasteiger partial charge in [-0.05, 0) is 0 Å². The molecule has 7 nitrogen and oxygen atoms in total. The van der Waals surface area contributed by atoms with Gasteiger partial charge in [-0.15, -0.1) is 0 Å². The van der Waals surface area contributed by atoms with Crippen molar-refractivity contribution in [2.45, 2.75) is 0 Å². The summed E-state index contributed by atoms with van der Waals surface area (Å²) in [5.74, 6) is 0.0935. The number of imide groups is 1. The minimum Gasteiger partial charge on any atom is -0.384 e. The number of nitrogens with two attached hydrogens (primary N) is 1. The summed E-state index contributed by atoms with van der Waals surface area (Å²) in [6, 6.07) is 1.52. The van der Waals surface area contributed by atoms with Crippen LogP contribution in [-0.4, -0.2) is 34.9 Å². The third-order valence-electron chi connectivity index (χ3n) is 1.95. The van der Waals surface area contributed by atoms with Gasteiger partial charge in [-0.25, -0.2) is 9.97 Å². The van der Waals surface area contributed by atoms with Crippen molar-refractivity contribution in [3.63, 3.8) is 0 Å². The summed E-state index contributed by atoms with van der Waals surface area (Å²) >= 11 is 0. The molecular weight excluding hydrogens is 198 g/mol. The largest absolute Gasteiger partial charge is 0.384 e. The molecule has 1 aliphatic rings. The Labute approximate surface area is 85.3 Å². The number of piperazine rings is 1. The predicted molar refractivity (Wildman–Crippen MR) is 51.8 cm³/mol. The van der Waals surface area contributed by atoms with Gasteiger partial charge in [0.05, 0.1) is 13.1 Å². The lowest BCUT2D eigenvalue weighted by molar-refractivity contribution is -0.130. The summed E-state index contributed by atoms with van der Waals surface area (Å²) in [6.07, 6.45) is 1.29. The molecule has 1 aromatic heterocycles. The van der Waals surface area contributed by atoms with Gasteiger partial charge in [0.15, 0.2) is 0 Å². The molecule has 2 rings (SSSR count). The summed E-state index contributed by atoms with van der Waals surface area (Å²) in [5, 5.41) is 2.20. The van der Waals surface area contributed by atoms with Crippen LogP contribution in [0.15, 0.2) is 12.4 Å². The maximum absolute atomic E-state index is 11.1. The summed E-state index contributed by atoms with van der Waals surface area (Å²) in [6.45, 7) is 0.199. The van der Waals surface area contributed by atoms with Crippen LogP contribution in [0, 0.1) is 0 Å². The second kappa shape index (κ2) is 3.52. The first-order chi connectivity index (χ1) is 7.15. The first-order valence-electron chi connectivity index (χ1n) is 4.30. The quantitative estimate of drug-likeness (QED) is 0.545. The van der Waals surface area contributed by atoms with Crippen molar-refractivity contribution >= 4 is 23.5 Å². The molecule has 0 radical (unpaired) electrons. The van der Waals surface area contributed by atoms with E-state index in [9.17, 15) is 9.59 Å². The van der Waals surface area contributed by atoms with E-state index < -0.39 is 0 Å². The van der Waals surface area contributed by atoms with Gasteiger partial charge in [-0.3, -0.25) is 14.9 Å². The first-order valence-corrected chi connectivity index (χ1v) is 4.30. The van der Waals surface area contributed by atoms with E-state index >= 15 is 0 Å². The fourth-order valence-electron chi connectivity index (χ4n) is 1.33. The average Bonchev–Trinajstić information content (AvgIpc) is 2.16. The molecule has 15 heavy (non-hydrogen) atoms. The number of nitrogens with zero attached hydrogens (tertiary/aromatic N) is 3. The molecule has 78 valence electrons. The van der Waals surface area contributed by atoms with Gasteiger partial charge < -0.3 is 10.6 Å². The van der Waals surface area contributed by atoms with E-state index in [0.717, 1.165) is 0 Å². The highest BCUT2D eigenvalue weighted by atomic mass is 16.2. The lowest BCUT2D eigenvalue weighted by atomic mass is 10.3. The number of hydrogen-bond acceptors (Lipinski definition) is 6. The van der Waals surface area contributed by atoms with Crippen LogP contribution in [0.2, 0.25) is 0 Å². The number of aromatic nitrogens is 2. The summed E-state index contributed by atoms with van der Waals surface area (Å²) in [5.41, 5.74) is 5.47. The number of carbonyl (C=O) groups excluding carboxylic acids is 2. The molecule has 1 aliphatic heterocycles. The molecule has 0 spiro atoms. The van der Waals surface area contributed by atoms with E-state index in [1.54, 1.807) is 4.90 Å². The number of nitrogen functional groups attached to an aromatic ring is 1. The van der Waals surface area contributed by atoms with Gasteiger partial charge >= 0.3 is 0 Å². The molecule has 0 bridgehead atoms. The lowest BCUT2D eigenvalue weighted by Crippen LogP contribution is -2.51. The van der Waals surface area contributed by atoms with E-state index in [2.05, 4.69) is 15.3 Å². The number of amides is 2. The Kier molecular flexibility index (Phi) is 2.20. The summed E-state index contributed by atoms with van der Waals surface area (Å²) in [4.78, 5) is 31.4. The molecule has 0 aliphatic carbocycles. The predicted octanol–water partition coefficient (Wildman–Crippen LogP) is -1.48. The molecule has 0 saturated carbocycles. The van der Waals surface area contributed by atoms with Crippen molar-refractivity contribution in [2.75, 3.05) is 23.7 Å². The fraction of sp³-hybridized carbons (Fsp3) is 0.250. The molecule has 1 fully saturated rings. The van der Waals surface area contributed by atoms with Gasteiger partial charge in [0.2, 0.25) is 11.8 Å². The number of nitrogens with one attached hydrogen (secondary N) is 1. The minimum atomic E-state index is -0.344. The van der Waals surface area contributed by atoms with Crippen molar-refractivity contribution in [3.05, 3.63) is 12.4 Å². The van der Waals surface area contributed by atoms with Gasteiger partial charge in [-0.2, -0.15) is 0 Å². The lowest BCUT2D eigenvalue weighted by Gasteiger charge is -2.26. The zero-order valence-electron chi connectivity index (χ0n) is 7.80. The van der Waals surface area contributed by atoms with Crippen LogP contribution in [0.25, 0.3) is 0 Å². The Morgan fingerprint density at radius 3 is 2.53 bits per heavy atom. The highest BCUT2D eigenvalue weighted by molar-refractivity contribution is 6.02. The van der Waals surface area contributed by atoms with Crippen LogP contribution in [0.4, 0.5) is 11.6 Å². The van der Waals surface area contributed by atoms with Crippen molar-refractivity contribution < 1.29 is 9.59 Å². The van der Waals surface area contributed by atoms with E-state index in [1.165, 1.54) is 12.4 Å². The van der Waals surface area contributed by atoms with Crippen LogP contribution in [0.5, 0.6) is 0 Å². The molecule has 3 N–H and O–H groups in total. The topological polar surface area (TPSA) is 101 Å². The molecular formula is C8H9N5O2. The third kappa shape index (κ3) is 2.01. The number of hydrogen-bond donors (Lipinski definition) is 2. The molecule has 0 aromatic carbocycles. The zero-order chi connectivity index (χ0) is 10.8. The maximum Gasteiger partial charge on any atom is 0.246 e. The van der Waals surface area contributed by atoms with E-state index in [-0.39, 0.29) is 24.9 Å². The van der Waals surface area contributed by atoms with Crippen molar-refractivity contribution in [3.8, 4) is 0 Å². The first kappa shape index (κ1) is 9.38. The van der Waals surface area contributed by atoms with Gasteiger partial charge in [0.1, 0.15) is 18.0 Å². The second-order valence-corrected chi connectivity index (χ2v) is 3.13. The second-order valence-electron chi connectivity index (χ2n) is 3.13. The van der Waals surface area contributed by atoms with Crippen molar-refractivity contribution in [1.29, 1.82) is 0 Å². The Morgan fingerprint density at radius 2 is 1.93 bits per heavy atom. The average molecular weight is 207 g/mol. The summed E-state index contributed by atoms with van der Waals surface area (Å²) in [7, 11) is 0. The monoisotopic (exact) mass is 207 g/mol. The molecule has 1 saturated heterocycles. The normalized spacial score (nSPS) is 16.4. The Balaban J connectivity index is 2.23. The molecule has 0 atom stereocenters. The smallest absolute Gasteiger partial charge is 0.246 e. The summed E-state index contributed by atoms with van der Waals surface area (Å²) < 4.78 is 0. The maximum atomic E-state index is 11.1. The standard InChI is InChI=1S/C8H9N5O2/c9-5-1-6(11-4-10-5)13-2-7(14)12-8(15)3-13/h1,4H,2-3H2,(H2,9,10,11)(H,12,14,15). The van der Waals surface area contributed by atoms with Crippen LogP contribution in [0.3, 0.4) is 0 Å². The fourth-order valence-corrected chi connectivity index (χ4v) is 1.33. The number of anilines is 2. The molecule has 0 unspecified atom stereocenters. The third-order valence-corrected chi connectivity index (χ3v) is 1.95. The van der Waals surface area contributed by atoms with Crippen molar-refractivity contribution in [2.24, 2.45) is 0 Å². The molecule has 2 amide bonds. The van der Waals surface area contributed by atoms with E-state index in [4.69, 9.17) is 5.73 Å². The van der Waals surface area contributed by atoms with E-state index in [1.807, 2.05) is 0 Å². The van der Waals surface area contributed by atoms with Crippen molar-refractivity contribution in [1.82, 2.24) is 15.3 Å². The van der Waals surface area contributed by atoms with Crippen LogP contribution in [-0.2, 0) is 9.59 Å². The minimum absolute atomic E-state index is 0.0994. The zero-order valence-corrected chi connectivity index (χ0v) is 7.80. The van der Waals surface area contributed by atoms with Gasteiger partial charge in [-0.1, -0.05) is 0 Å². The Hall–Kier alpha value is -2.18. The number of rotatable bonds is 1. The Morgan fingerprint density at radius 1 is 1.27 bits per heavy atom. The van der Waals surface area contributed by atoms with Crippen LogP contribution in [0.1, 0.15) is 0 Å². The SMILES string of the molecule is Nc1cc(N2CC(=O)NC(=O)C2)ncn1. The van der Waals surface area contributed by atoms with E-state index in [0.29, 0.717) is 11.6 Å². The van der Waals surface area contributed by atoms with Gasteiger partial charge in [0.25, 0.3) is 0 Å². The molecule has 1 aromatic rings. The van der Waals surface area contributed by atoms with Gasteiger partial charge in [0, 0.05) is 6.07 Å². The van der Waals surface area contributed by atoms with Crippen LogP contribution < -0.4 is 16.0 Å². The Bertz CT molecular complexity index is 403. The number of carbonyl (C=O) groups is 2. The molecule has 2 heterocycles. The highest BCUT2D eigenvalue weighted by Gasteiger charge is 2.23. The van der Waals surface area contributed by atoms with Crippen LogP contribution >= 0.6 is 0 Å². The molecule has 7 heteroatoms. The highest BCUT2D eigenvalue weighted by Crippen LogP contribution is 2.12.